The summed E-state index contributed by atoms with van der Waals surface area (Å²) in [5.41, 5.74) is 0. The molecule has 0 aromatic heterocycles. The number of nitrogens with zero attached hydrogens (tertiary/aromatic N) is 3. The summed E-state index contributed by atoms with van der Waals surface area (Å²) >= 11 is 5.56. The van der Waals surface area contributed by atoms with Crippen molar-refractivity contribution in [3.8, 4) is 0 Å². The molecular formula is C30H46N8O14S3. The van der Waals surface area contributed by atoms with Crippen LogP contribution in [0.5, 0.6) is 0 Å². The highest BCUT2D eigenvalue weighted by molar-refractivity contribution is 8.14. The SMILES string of the molecule is CC(=O)SCC(=O)ON1C(=O)CCC1=O.CCNC(=O)CN1C(=O)C=CC1=O.CCNC(=O)CN1C(=O)CC(SCC(=O)NC)C1=O.CNC(=O)CS.NO. The number of thioether (sulfide) groups is 2. The Hall–Kier alpha value is -4.85. The highest BCUT2D eigenvalue weighted by Crippen LogP contribution is 2.24. The van der Waals surface area contributed by atoms with Crippen LogP contribution in [0.3, 0.4) is 0 Å². The average Bonchev–Trinajstić information content (AvgIpc) is 3.75. The van der Waals surface area contributed by atoms with Gasteiger partial charge in [0.1, 0.15) is 18.8 Å². The number of hydroxylamine groups is 2. The molecule has 308 valence electrons. The number of imide groups is 3. The molecule has 0 radical (unpaired) electrons. The van der Waals surface area contributed by atoms with E-state index < -0.39 is 40.8 Å². The van der Waals surface area contributed by atoms with Crippen LogP contribution in [-0.4, -0.2) is 153 Å². The molecule has 3 rings (SSSR count). The Balaban J connectivity index is 0. The molecule has 0 bridgehead atoms. The maximum Gasteiger partial charge on any atom is 0.343 e. The minimum atomic E-state index is -0.779. The number of likely N-dealkylation sites (tertiary alicyclic amines) is 1. The Labute approximate surface area is 330 Å². The number of likely N-dealkylation sites (N-methyl/N-ethyl adjacent to an activating group) is 2. The molecule has 0 saturated carbocycles. The summed E-state index contributed by atoms with van der Waals surface area (Å²) in [5, 5.41) is 16.0. The van der Waals surface area contributed by atoms with E-state index in [4.69, 9.17) is 5.21 Å². The van der Waals surface area contributed by atoms with Crippen LogP contribution >= 0.6 is 36.2 Å². The van der Waals surface area contributed by atoms with Crippen LogP contribution in [0.2, 0.25) is 0 Å². The van der Waals surface area contributed by atoms with Gasteiger partial charge in [-0.05, 0) is 13.8 Å². The van der Waals surface area contributed by atoms with Crippen molar-refractivity contribution >= 4 is 106 Å². The van der Waals surface area contributed by atoms with E-state index in [1.54, 1.807) is 20.9 Å². The summed E-state index contributed by atoms with van der Waals surface area (Å²) in [6.07, 6.45) is 2.47. The molecule has 3 heterocycles. The molecule has 2 fully saturated rings. The number of amides is 10. The van der Waals surface area contributed by atoms with Crippen molar-refractivity contribution in [3.63, 3.8) is 0 Å². The first-order valence-corrected chi connectivity index (χ1v) is 18.6. The number of nitrogens with two attached hydrogens (primary N) is 1. The minimum Gasteiger partial charge on any atom is -0.358 e. The fraction of sp³-hybridized carbons (Fsp3) is 0.533. The third-order valence-corrected chi connectivity index (χ3v) is 8.44. The van der Waals surface area contributed by atoms with Crippen LogP contribution in [-0.2, 0) is 62.4 Å². The Morgan fingerprint density at radius 2 is 1.25 bits per heavy atom. The first kappa shape index (κ1) is 52.3. The molecule has 7 N–H and O–H groups in total. The van der Waals surface area contributed by atoms with Crippen molar-refractivity contribution in [1.82, 2.24) is 36.1 Å². The summed E-state index contributed by atoms with van der Waals surface area (Å²) in [4.78, 5) is 139. The first-order valence-electron chi connectivity index (χ1n) is 16.0. The lowest BCUT2D eigenvalue weighted by Gasteiger charge is -2.14. The molecule has 55 heavy (non-hydrogen) atoms. The maximum absolute atomic E-state index is 11.9. The van der Waals surface area contributed by atoms with Gasteiger partial charge < -0.3 is 31.3 Å². The lowest BCUT2D eigenvalue weighted by Crippen LogP contribution is -2.41. The summed E-state index contributed by atoms with van der Waals surface area (Å²) in [6, 6.07) is 0. The smallest absolute Gasteiger partial charge is 0.343 e. The number of carbonyl (C=O) groups is 12. The summed E-state index contributed by atoms with van der Waals surface area (Å²) in [5.74, 6) is -0.706. The number of carbonyl (C=O) groups excluding carboxylic acids is 12. The van der Waals surface area contributed by atoms with Crippen molar-refractivity contribution in [3.05, 3.63) is 12.2 Å². The quantitative estimate of drug-likeness (QED) is 0.0541. The van der Waals surface area contributed by atoms with Crippen molar-refractivity contribution in [2.45, 2.75) is 45.3 Å². The standard InChI is InChI=1S/C11H17N3O4S.C8H10N2O3.C8H9NO5S.C3H7NOS.H3NO/c1-3-13-8(15)5-14-10(17)4-7(11(14)18)19-6-9(16)12-2;1-2-9-6(11)5-10-7(12)3-4-8(10)13;1-5(10)15-4-8(13)14-9-6(11)2-3-7(9)12;1-4-3(5)2-6;1-2/h7H,3-6H2,1-2H3,(H,12,16)(H,13,15);3-4H,2,5H2,1H3,(H,9,11);2-4H2,1H3;6H,2H2,1H3,(H,4,5);2H,1H2. The number of hydrogen-bond donors (Lipinski definition) is 7. The van der Waals surface area contributed by atoms with E-state index in [-0.39, 0.29) is 84.3 Å². The zero-order valence-electron chi connectivity index (χ0n) is 30.7. The fourth-order valence-corrected chi connectivity index (χ4v) is 5.16. The molecule has 22 nitrogen and oxygen atoms in total. The molecule has 0 spiro atoms. The molecule has 1 atom stereocenters. The van der Waals surface area contributed by atoms with Gasteiger partial charge in [-0.25, -0.2) is 10.7 Å². The lowest BCUT2D eigenvalue weighted by atomic mass is 10.4. The van der Waals surface area contributed by atoms with Crippen LogP contribution < -0.4 is 27.2 Å². The number of hydrogen-bond acceptors (Lipinski definition) is 18. The van der Waals surface area contributed by atoms with Gasteiger partial charge in [0.2, 0.25) is 35.4 Å². The Morgan fingerprint density at radius 1 is 0.782 bits per heavy atom. The lowest BCUT2D eigenvalue weighted by molar-refractivity contribution is -0.195. The van der Waals surface area contributed by atoms with Gasteiger partial charge in [0.05, 0.1) is 16.8 Å². The topological polar surface area (TPSA) is 318 Å². The molecule has 10 amide bonds. The predicted molar refractivity (Wildman–Crippen MR) is 199 cm³/mol. The van der Waals surface area contributed by atoms with Gasteiger partial charge in [-0.2, -0.15) is 12.6 Å². The van der Waals surface area contributed by atoms with Gasteiger partial charge in [0.15, 0.2) is 5.12 Å². The second kappa shape index (κ2) is 29.5. The summed E-state index contributed by atoms with van der Waals surface area (Å²) in [7, 11) is 3.09. The Bertz CT molecular complexity index is 1420. The summed E-state index contributed by atoms with van der Waals surface area (Å²) < 4.78 is 0. The highest BCUT2D eigenvalue weighted by Gasteiger charge is 2.40. The normalized spacial score (nSPS) is 15.3. The van der Waals surface area contributed by atoms with Crippen LogP contribution in [0, 0.1) is 0 Å². The van der Waals surface area contributed by atoms with E-state index in [1.807, 2.05) is 0 Å². The van der Waals surface area contributed by atoms with Crippen molar-refractivity contribution < 1.29 is 67.6 Å². The van der Waals surface area contributed by atoms with E-state index in [2.05, 4.69) is 44.6 Å². The number of rotatable bonds is 13. The zero-order valence-corrected chi connectivity index (χ0v) is 33.3. The van der Waals surface area contributed by atoms with E-state index in [0.717, 1.165) is 45.5 Å². The third kappa shape index (κ3) is 21.6. The van der Waals surface area contributed by atoms with Crippen LogP contribution in [0.25, 0.3) is 0 Å². The molecule has 25 heteroatoms. The maximum atomic E-state index is 11.9. The second-order valence-electron chi connectivity index (χ2n) is 10.2. The van der Waals surface area contributed by atoms with Gasteiger partial charge in [0.25, 0.3) is 23.6 Å². The predicted octanol–water partition coefficient (Wildman–Crippen LogP) is -3.35. The van der Waals surface area contributed by atoms with Crippen molar-refractivity contribution in [2.75, 3.05) is 57.5 Å². The minimum absolute atomic E-state index is 0.0416. The summed E-state index contributed by atoms with van der Waals surface area (Å²) in [6.45, 7) is 5.33. The van der Waals surface area contributed by atoms with Gasteiger partial charge in [-0.1, -0.05) is 11.8 Å². The molecule has 3 aliphatic heterocycles. The van der Waals surface area contributed by atoms with Gasteiger partial charge in [0, 0.05) is 65.5 Å². The molecule has 1 unspecified atom stereocenters. The number of thiol groups is 1. The van der Waals surface area contributed by atoms with Gasteiger partial charge >= 0.3 is 5.97 Å². The highest BCUT2D eigenvalue weighted by atomic mass is 32.2. The van der Waals surface area contributed by atoms with Gasteiger partial charge in [-0.3, -0.25) is 62.5 Å². The molecule has 0 aromatic rings. The van der Waals surface area contributed by atoms with Crippen LogP contribution in [0.15, 0.2) is 12.2 Å². The fourth-order valence-electron chi connectivity index (χ4n) is 3.60. The van der Waals surface area contributed by atoms with Crippen LogP contribution in [0.4, 0.5) is 0 Å². The molecule has 0 aromatic carbocycles. The van der Waals surface area contributed by atoms with E-state index in [0.29, 0.717) is 18.2 Å². The van der Waals surface area contributed by atoms with E-state index in [1.165, 1.54) is 14.0 Å². The third-order valence-electron chi connectivity index (χ3n) is 6.16. The van der Waals surface area contributed by atoms with Crippen molar-refractivity contribution in [2.24, 2.45) is 5.90 Å². The number of nitrogens with one attached hydrogen (secondary N) is 4. The zero-order chi connectivity index (χ0) is 42.7. The van der Waals surface area contributed by atoms with Gasteiger partial charge in [-0.15, -0.1) is 16.8 Å². The average molecular weight is 839 g/mol. The molecule has 0 aliphatic carbocycles. The first-order chi connectivity index (χ1) is 25.9. The van der Waals surface area contributed by atoms with Crippen LogP contribution in [0.1, 0.15) is 40.0 Å². The monoisotopic (exact) mass is 838 g/mol. The largest absolute Gasteiger partial charge is 0.358 e. The molecular weight excluding hydrogens is 793 g/mol. The molecule has 2 saturated heterocycles. The van der Waals surface area contributed by atoms with E-state index >= 15 is 0 Å². The van der Waals surface area contributed by atoms with E-state index in [9.17, 15) is 57.5 Å². The second-order valence-corrected chi connectivity index (χ2v) is 12.8. The Morgan fingerprint density at radius 3 is 1.65 bits per heavy atom. The molecule has 3 aliphatic rings. The Kier molecular flexibility index (Phi) is 28.0. The van der Waals surface area contributed by atoms with Crippen molar-refractivity contribution in [1.29, 1.82) is 0 Å².